The van der Waals surface area contributed by atoms with Crippen LogP contribution < -0.4 is 11.1 Å². The van der Waals surface area contributed by atoms with Crippen LogP contribution in [0.4, 0.5) is 0 Å². The van der Waals surface area contributed by atoms with Crippen molar-refractivity contribution in [3.63, 3.8) is 0 Å². The Morgan fingerprint density at radius 3 is 2.75 bits per heavy atom. The number of hydrogen-bond donors (Lipinski definition) is 2. The van der Waals surface area contributed by atoms with Gasteiger partial charge >= 0.3 is 0 Å². The van der Waals surface area contributed by atoms with E-state index in [0.29, 0.717) is 11.4 Å². The molecule has 1 amide bonds. The second kappa shape index (κ2) is 5.18. The van der Waals surface area contributed by atoms with Crippen LogP contribution in [0.15, 0.2) is 6.07 Å². The number of carbonyl (C=O) groups is 1. The number of aromatic nitrogens is 2. The number of hydrogen-bond acceptors (Lipinski definition) is 4. The van der Waals surface area contributed by atoms with Gasteiger partial charge in [0.1, 0.15) is 4.83 Å². The lowest BCUT2D eigenvalue weighted by Gasteiger charge is -2.33. The maximum atomic E-state index is 12.4. The molecule has 0 saturated carbocycles. The van der Waals surface area contributed by atoms with E-state index in [9.17, 15) is 4.79 Å². The summed E-state index contributed by atoms with van der Waals surface area (Å²) in [5, 5.41) is 8.45. The summed E-state index contributed by atoms with van der Waals surface area (Å²) in [6.07, 6.45) is 0. The molecule has 0 bridgehead atoms. The zero-order valence-electron chi connectivity index (χ0n) is 12.7. The highest BCUT2D eigenvalue weighted by Gasteiger charge is 2.29. The van der Waals surface area contributed by atoms with Crippen molar-refractivity contribution < 1.29 is 4.79 Å². The highest BCUT2D eigenvalue weighted by Crippen LogP contribution is 2.28. The number of amides is 1. The molecule has 1 unspecified atom stereocenters. The smallest absolute Gasteiger partial charge is 0.261 e. The summed E-state index contributed by atoms with van der Waals surface area (Å²) in [5.41, 5.74) is 6.37. The molecule has 0 aliphatic heterocycles. The Kier molecular flexibility index (Phi) is 3.88. The number of nitrogens with two attached hydrogens (primary N) is 1. The van der Waals surface area contributed by atoms with Gasteiger partial charge in [-0.05, 0) is 25.8 Å². The van der Waals surface area contributed by atoms with Gasteiger partial charge in [-0.1, -0.05) is 13.8 Å². The van der Waals surface area contributed by atoms with Gasteiger partial charge in [-0.15, -0.1) is 11.3 Å². The van der Waals surface area contributed by atoms with Gasteiger partial charge in [0, 0.05) is 19.0 Å². The molecule has 0 aliphatic carbocycles. The molecule has 2 aromatic heterocycles. The minimum atomic E-state index is -0.388. The van der Waals surface area contributed by atoms with Crippen LogP contribution in [-0.4, -0.2) is 27.8 Å². The van der Waals surface area contributed by atoms with Gasteiger partial charge < -0.3 is 11.1 Å². The Balaban J connectivity index is 2.30. The number of nitrogens with one attached hydrogen (secondary N) is 1. The lowest BCUT2D eigenvalue weighted by atomic mass is 9.88. The average Bonchev–Trinajstić information content (AvgIpc) is 2.92. The summed E-state index contributed by atoms with van der Waals surface area (Å²) in [7, 11) is 1.89. The molecule has 3 N–H and O–H groups in total. The zero-order valence-corrected chi connectivity index (χ0v) is 13.5. The van der Waals surface area contributed by atoms with Crippen molar-refractivity contribution in [1.82, 2.24) is 15.1 Å². The van der Waals surface area contributed by atoms with E-state index in [1.807, 2.05) is 31.6 Å². The maximum Gasteiger partial charge on any atom is 0.261 e. The van der Waals surface area contributed by atoms with E-state index in [0.717, 1.165) is 15.9 Å². The van der Waals surface area contributed by atoms with Crippen molar-refractivity contribution in [3.05, 3.63) is 16.6 Å². The van der Waals surface area contributed by atoms with Gasteiger partial charge in [0.15, 0.2) is 0 Å². The lowest BCUT2D eigenvalue weighted by molar-refractivity contribution is 0.0887. The molecule has 2 aromatic rings. The van der Waals surface area contributed by atoms with Crippen molar-refractivity contribution >= 4 is 27.5 Å². The average molecular weight is 294 g/mol. The SMILES string of the molecule is Cc1nn(C)c2sc(C(=O)NC(C)(CN)C(C)C)cc12. The summed E-state index contributed by atoms with van der Waals surface area (Å²) in [6, 6.07) is 1.91. The summed E-state index contributed by atoms with van der Waals surface area (Å²) in [6.45, 7) is 8.48. The number of carbonyl (C=O) groups excluding carboxylic acids is 1. The minimum Gasteiger partial charge on any atom is -0.345 e. The first kappa shape index (κ1) is 15.0. The summed E-state index contributed by atoms with van der Waals surface area (Å²) in [4.78, 5) is 14.2. The van der Waals surface area contributed by atoms with Crippen LogP contribution in [0.25, 0.3) is 10.2 Å². The highest BCUT2D eigenvalue weighted by atomic mass is 32.1. The van der Waals surface area contributed by atoms with E-state index in [-0.39, 0.29) is 17.4 Å². The third kappa shape index (κ3) is 2.45. The van der Waals surface area contributed by atoms with Gasteiger partial charge in [0.25, 0.3) is 5.91 Å². The van der Waals surface area contributed by atoms with Crippen LogP contribution in [-0.2, 0) is 7.05 Å². The fourth-order valence-corrected chi connectivity index (χ4v) is 3.09. The first-order chi connectivity index (χ1) is 9.28. The maximum absolute atomic E-state index is 12.4. The van der Waals surface area contributed by atoms with Crippen LogP contribution in [0.1, 0.15) is 36.1 Å². The molecule has 20 heavy (non-hydrogen) atoms. The predicted molar refractivity (Wildman–Crippen MR) is 83.1 cm³/mol. The van der Waals surface area contributed by atoms with Crippen molar-refractivity contribution in [3.8, 4) is 0 Å². The number of rotatable bonds is 4. The Labute approximate surface area is 123 Å². The number of fused-ring (bicyclic) bond motifs is 1. The van der Waals surface area contributed by atoms with E-state index >= 15 is 0 Å². The summed E-state index contributed by atoms with van der Waals surface area (Å²) in [5.74, 6) is 0.210. The number of nitrogens with zero attached hydrogens (tertiary/aromatic N) is 2. The second-order valence-corrected chi connectivity index (χ2v) is 6.80. The number of thiophene rings is 1. The highest BCUT2D eigenvalue weighted by molar-refractivity contribution is 7.20. The van der Waals surface area contributed by atoms with E-state index in [4.69, 9.17) is 5.73 Å². The van der Waals surface area contributed by atoms with Crippen LogP contribution in [0.5, 0.6) is 0 Å². The Morgan fingerprint density at radius 2 is 2.25 bits per heavy atom. The van der Waals surface area contributed by atoms with Crippen molar-refractivity contribution in [2.75, 3.05) is 6.54 Å². The zero-order chi connectivity index (χ0) is 15.1. The first-order valence-corrected chi connectivity index (χ1v) is 7.56. The monoisotopic (exact) mass is 294 g/mol. The molecule has 2 heterocycles. The van der Waals surface area contributed by atoms with Gasteiger partial charge in [-0.3, -0.25) is 9.48 Å². The standard InChI is InChI=1S/C14H22N4OS/c1-8(2)14(4,7-15)16-12(19)11-6-10-9(3)17-18(5)13(10)20-11/h6,8H,7,15H2,1-5H3,(H,16,19). The van der Waals surface area contributed by atoms with E-state index < -0.39 is 0 Å². The topological polar surface area (TPSA) is 72.9 Å². The normalized spacial score (nSPS) is 14.8. The molecular weight excluding hydrogens is 272 g/mol. The fourth-order valence-electron chi connectivity index (χ4n) is 2.07. The van der Waals surface area contributed by atoms with Gasteiger partial charge in [-0.2, -0.15) is 5.10 Å². The molecule has 1 atom stereocenters. The van der Waals surface area contributed by atoms with Crippen molar-refractivity contribution in [2.24, 2.45) is 18.7 Å². The van der Waals surface area contributed by atoms with E-state index in [2.05, 4.69) is 24.3 Å². The summed E-state index contributed by atoms with van der Waals surface area (Å²) < 4.78 is 1.82. The quantitative estimate of drug-likeness (QED) is 0.906. The van der Waals surface area contributed by atoms with Gasteiger partial charge in [0.2, 0.25) is 0 Å². The van der Waals surface area contributed by atoms with Gasteiger partial charge in [-0.25, -0.2) is 0 Å². The van der Waals surface area contributed by atoms with E-state index in [1.54, 1.807) is 0 Å². The number of aryl methyl sites for hydroxylation is 2. The van der Waals surface area contributed by atoms with E-state index in [1.165, 1.54) is 11.3 Å². The minimum absolute atomic E-state index is 0.0627. The fraction of sp³-hybridized carbons (Fsp3) is 0.571. The Morgan fingerprint density at radius 1 is 1.60 bits per heavy atom. The lowest BCUT2D eigenvalue weighted by Crippen LogP contribution is -2.54. The molecule has 0 radical (unpaired) electrons. The van der Waals surface area contributed by atoms with Crippen molar-refractivity contribution in [2.45, 2.75) is 33.2 Å². The molecule has 2 rings (SSSR count). The summed E-state index contributed by atoms with van der Waals surface area (Å²) >= 11 is 1.46. The Hall–Kier alpha value is -1.40. The van der Waals surface area contributed by atoms with Crippen LogP contribution >= 0.6 is 11.3 Å². The third-order valence-corrected chi connectivity index (χ3v) is 5.22. The molecule has 0 aliphatic rings. The Bertz CT molecular complexity index is 608. The molecule has 5 nitrogen and oxygen atoms in total. The molecule has 0 fully saturated rings. The molecule has 0 aromatic carbocycles. The van der Waals surface area contributed by atoms with Crippen LogP contribution in [0.2, 0.25) is 0 Å². The molecular formula is C14H22N4OS. The molecule has 0 saturated heterocycles. The third-order valence-electron chi connectivity index (χ3n) is 4.02. The molecule has 0 spiro atoms. The van der Waals surface area contributed by atoms with Crippen molar-refractivity contribution in [1.29, 1.82) is 0 Å². The largest absolute Gasteiger partial charge is 0.345 e. The second-order valence-electron chi connectivity index (χ2n) is 5.77. The first-order valence-electron chi connectivity index (χ1n) is 6.74. The van der Waals surface area contributed by atoms with Crippen LogP contribution in [0.3, 0.4) is 0 Å². The molecule has 110 valence electrons. The molecule has 6 heteroatoms. The van der Waals surface area contributed by atoms with Crippen LogP contribution in [0, 0.1) is 12.8 Å². The van der Waals surface area contributed by atoms with Gasteiger partial charge in [0.05, 0.1) is 16.1 Å². The predicted octanol–water partition coefficient (Wildman–Crippen LogP) is 2.05.